The van der Waals surface area contributed by atoms with Crippen molar-refractivity contribution in [2.24, 2.45) is 17.8 Å². The molecule has 122 valence electrons. The number of carbonyl (C=O) groups excluding carboxylic acids is 3. The Labute approximate surface area is 135 Å². The lowest BCUT2D eigenvalue weighted by atomic mass is 9.76. The molecule has 1 aromatic rings. The maximum Gasteiger partial charge on any atom is 0.338 e. The van der Waals surface area contributed by atoms with Crippen LogP contribution in [0.15, 0.2) is 24.3 Å². The van der Waals surface area contributed by atoms with Gasteiger partial charge in [0.2, 0.25) is 11.8 Å². The van der Waals surface area contributed by atoms with Gasteiger partial charge >= 0.3 is 5.97 Å². The van der Waals surface area contributed by atoms with E-state index in [4.69, 9.17) is 4.74 Å². The lowest BCUT2D eigenvalue weighted by molar-refractivity contribution is -0.122. The Bertz CT molecular complexity index is 637. The smallest absolute Gasteiger partial charge is 0.338 e. The van der Waals surface area contributed by atoms with Crippen LogP contribution in [0.2, 0.25) is 0 Å². The Morgan fingerprint density at radius 2 is 1.78 bits per heavy atom. The number of ether oxygens (including phenoxy) is 1. The third-order valence-electron chi connectivity index (χ3n) is 4.82. The molecule has 0 radical (unpaired) electrons. The van der Waals surface area contributed by atoms with Gasteiger partial charge in [0, 0.05) is 0 Å². The molecule has 5 nitrogen and oxygen atoms in total. The van der Waals surface area contributed by atoms with Crippen LogP contribution in [0.4, 0.5) is 5.69 Å². The number of hydrogen-bond acceptors (Lipinski definition) is 4. The molecule has 5 heteroatoms. The van der Waals surface area contributed by atoms with Crippen LogP contribution < -0.4 is 4.90 Å². The van der Waals surface area contributed by atoms with E-state index in [1.165, 1.54) is 4.90 Å². The van der Waals surface area contributed by atoms with Crippen molar-refractivity contribution in [2.75, 3.05) is 11.5 Å². The van der Waals surface area contributed by atoms with E-state index in [1.54, 1.807) is 31.2 Å². The Morgan fingerprint density at radius 3 is 2.43 bits per heavy atom. The number of imide groups is 1. The summed E-state index contributed by atoms with van der Waals surface area (Å²) in [5, 5.41) is 0. The molecule has 2 amide bonds. The molecule has 1 aliphatic carbocycles. The van der Waals surface area contributed by atoms with Crippen molar-refractivity contribution in [3.63, 3.8) is 0 Å². The highest BCUT2D eigenvalue weighted by atomic mass is 16.5. The summed E-state index contributed by atoms with van der Waals surface area (Å²) in [7, 11) is 0. The van der Waals surface area contributed by atoms with Gasteiger partial charge in [0.1, 0.15) is 0 Å². The molecule has 3 atom stereocenters. The number of carbonyl (C=O) groups is 3. The number of rotatable bonds is 3. The lowest BCUT2D eigenvalue weighted by Gasteiger charge is -2.25. The monoisotopic (exact) mass is 315 g/mol. The van der Waals surface area contributed by atoms with E-state index >= 15 is 0 Å². The van der Waals surface area contributed by atoms with Crippen LogP contribution in [-0.4, -0.2) is 24.4 Å². The van der Waals surface area contributed by atoms with Gasteiger partial charge in [-0.15, -0.1) is 0 Å². The summed E-state index contributed by atoms with van der Waals surface area (Å²) in [4.78, 5) is 38.2. The zero-order valence-corrected chi connectivity index (χ0v) is 13.5. The summed E-state index contributed by atoms with van der Waals surface area (Å²) < 4.78 is 4.94. The van der Waals surface area contributed by atoms with E-state index in [0.717, 1.165) is 19.3 Å². The highest BCUT2D eigenvalue weighted by Crippen LogP contribution is 2.42. The lowest BCUT2D eigenvalue weighted by Crippen LogP contribution is -2.30. The van der Waals surface area contributed by atoms with E-state index in [0.29, 0.717) is 23.8 Å². The quantitative estimate of drug-likeness (QED) is 0.635. The first kappa shape index (κ1) is 15.7. The van der Waals surface area contributed by atoms with Gasteiger partial charge in [-0.2, -0.15) is 0 Å². The average molecular weight is 315 g/mol. The maximum atomic E-state index is 12.6. The van der Waals surface area contributed by atoms with Crippen molar-refractivity contribution < 1.29 is 19.1 Å². The Morgan fingerprint density at radius 1 is 1.13 bits per heavy atom. The third kappa shape index (κ3) is 2.76. The van der Waals surface area contributed by atoms with Gasteiger partial charge in [-0.1, -0.05) is 6.92 Å². The predicted molar refractivity (Wildman–Crippen MR) is 84.9 cm³/mol. The van der Waals surface area contributed by atoms with Crippen LogP contribution in [0.25, 0.3) is 0 Å². The second-order valence-electron chi connectivity index (χ2n) is 6.41. The van der Waals surface area contributed by atoms with Crippen LogP contribution in [0.5, 0.6) is 0 Å². The summed E-state index contributed by atoms with van der Waals surface area (Å²) in [6.45, 7) is 4.19. The number of fused-ring (bicyclic) bond motifs is 1. The van der Waals surface area contributed by atoms with Gasteiger partial charge in [-0.25, -0.2) is 4.79 Å². The number of anilines is 1. The Kier molecular flexibility index (Phi) is 4.20. The van der Waals surface area contributed by atoms with Gasteiger partial charge in [-0.3, -0.25) is 14.5 Å². The van der Waals surface area contributed by atoms with Crippen LogP contribution in [-0.2, 0) is 14.3 Å². The maximum absolute atomic E-state index is 12.6. The topological polar surface area (TPSA) is 63.7 Å². The molecule has 0 unspecified atom stereocenters. The molecule has 0 bridgehead atoms. The van der Waals surface area contributed by atoms with Gasteiger partial charge in [-0.05, 0) is 56.4 Å². The van der Waals surface area contributed by atoms with E-state index in [1.807, 2.05) is 0 Å². The molecule has 1 saturated heterocycles. The summed E-state index contributed by atoms with van der Waals surface area (Å²) in [5.41, 5.74) is 0.954. The first-order valence-electron chi connectivity index (χ1n) is 8.18. The minimum atomic E-state index is -0.402. The molecule has 1 heterocycles. The fourth-order valence-corrected chi connectivity index (χ4v) is 3.61. The molecule has 1 aromatic carbocycles. The average Bonchev–Trinajstić information content (AvgIpc) is 2.79. The fourth-order valence-electron chi connectivity index (χ4n) is 3.61. The molecule has 3 rings (SSSR count). The molecule has 1 aliphatic heterocycles. The van der Waals surface area contributed by atoms with Gasteiger partial charge in [0.05, 0.1) is 29.7 Å². The first-order valence-corrected chi connectivity index (χ1v) is 8.18. The van der Waals surface area contributed by atoms with Crippen molar-refractivity contribution in [1.29, 1.82) is 0 Å². The van der Waals surface area contributed by atoms with E-state index < -0.39 is 5.97 Å². The van der Waals surface area contributed by atoms with Crippen molar-refractivity contribution in [3.8, 4) is 0 Å². The number of esters is 1. The standard InChI is InChI=1S/C18H21NO4/c1-3-23-18(22)12-5-7-13(8-6-12)19-16(20)14-9-4-11(2)10-15(14)17(19)21/h5-8,11,14-15H,3-4,9-10H2,1-2H3/t11-,14-,15-/m1/s1. The van der Waals surface area contributed by atoms with Crippen LogP contribution in [0.3, 0.4) is 0 Å². The largest absolute Gasteiger partial charge is 0.462 e. The molecule has 1 saturated carbocycles. The fraction of sp³-hybridized carbons (Fsp3) is 0.500. The van der Waals surface area contributed by atoms with Gasteiger partial charge in [0.25, 0.3) is 0 Å². The first-order chi connectivity index (χ1) is 11.0. The minimum absolute atomic E-state index is 0.101. The predicted octanol–water partition coefficient (Wildman–Crippen LogP) is 2.79. The highest BCUT2D eigenvalue weighted by Gasteiger charge is 2.49. The SMILES string of the molecule is CCOC(=O)c1ccc(N2C(=O)[C@@H]3CC[C@@H](C)C[C@H]3C2=O)cc1. The highest BCUT2D eigenvalue weighted by molar-refractivity contribution is 6.22. The second kappa shape index (κ2) is 6.14. The Hall–Kier alpha value is -2.17. The molecule has 0 spiro atoms. The number of nitrogens with zero attached hydrogens (tertiary/aromatic N) is 1. The molecule has 0 N–H and O–H groups in total. The van der Waals surface area contributed by atoms with Crippen LogP contribution >= 0.6 is 0 Å². The number of benzene rings is 1. The minimum Gasteiger partial charge on any atom is -0.462 e. The molecule has 0 aromatic heterocycles. The number of hydrogen-bond donors (Lipinski definition) is 0. The van der Waals surface area contributed by atoms with Crippen molar-refractivity contribution >= 4 is 23.5 Å². The van der Waals surface area contributed by atoms with Crippen LogP contribution in [0.1, 0.15) is 43.5 Å². The summed E-state index contributed by atoms with van der Waals surface area (Å²) in [6, 6.07) is 6.47. The molecule has 2 fully saturated rings. The normalized spacial score (nSPS) is 27.0. The van der Waals surface area contributed by atoms with E-state index in [-0.39, 0.29) is 23.7 Å². The number of amides is 2. The zero-order valence-electron chi connectivity index (χ0n) is 13.5. The molecule has 23 heavy (non-hydrogen) atoms. The second-order valence-corrected chi connectivity index (χ2v) is 6.41. The van der Waals surface area contributed by atoms with Crippen molar-refractivity contribution in [3.05, 3.63) is 29.8 Å². The van der Waals surface area contributed by atoms with Crippen LogP contribution in [0, 0.1) is 17.8 Å². The summed E-state index contributed by atoms with van der Waals surface area (Å²) >= 11 is 0. The van der Waals surface area contributed by atoms with E-state index in [9.17, 15) is 14.4 Å². The van der Waals surface area contributed by atoms with E-state index in [2.05, 4.69) is 6.92 Å². The summed E-state index contributed by atoms with van der Waals surface area (Å²) in [5.74, 6) is -0.481. The molecule has 2 aliphatic rings. The van der Waals surface area contributed by atoms with Gasteiger partial charge in [0.15, 0.2) is 0 Å². The summed E-state index contributed by atoms with van der Waals surface area (Å²) in [6.07, 6.45) is 2.57. The Balaban J connectivity index is 1.83. The van der Waals surface area contributed by atoms with Gasteiger partial charge < -0.3 is 4.74 Å². The van der Waals surface area contributed by atoms with Crippen molar-refractivity contribution in [1.82, 2.24) is 0 Å². The molecular weight excluding hydrogens is 294 g/mol. The molecular formula is C18H21NO4. The van der Waals surface area contributed by atoms with Crippen molar-refractivity contribution in [2.45, 2.75) is 33.1 Å². The zero-order chi connectivity index (χ0) is 16.6. The third-order valence-corrected chi connectivity index (χ3v) is 4.82.